The molecule has 136 valence electrons. The molecular formula is C23H21FN2O. The summed E-state index contributed by atoms with van der Waals surface area (Å²) in [4.78, 5) is 18.7. The lowest BCUT2D eigenvalue weighted by Gasteiger charge is -2.22. The summed E-state index contributed by atoms with van der Waals surface area (Å²) in [6.45, 7) is 2.98. The summed E-state index contributed by atoms with van der Waals surface area (Å²) in [5, 5.41) is 0. The number of aromatic nitrogens is 1. The predicted octanol–water partition coefficient (Wildman–Crippen LogP) is 4.77. The Bertz CT molecular complexity index is 938. The third-order valence-electron chi connectivity index (χ3n) is 4.30. The van der Waals surface area contributed by atoms with Crippen LogP contribution in [0.4, 0.5) is 4.39 Å². The molecule has 0 radical (unpaired) electrons. The van der Waals surface area contributed by atoms with Gasteiger partial charge in [-0.15, -0.1) is 0 Å². The van der Waals surface area contributed by atoms with Crippen molar-refractivity contribution in [1.29, 1.82) is 0 Å². The second-order valence-corrected chi connectivity index (χ2v) is 6.37. The van der Waals surface area contributed by atoms with Crippen molar-refractivity contribution in [3.05, 3.63) is 107 Å². The number of hydrogen-bond acceptors (Lipinski definition) is 2. The normalized spacial score (nSPS) is 10.9. The van der Waals surface area contributed by atoms with Crippen molar-refractivity contribution in [1.82, 2.24) is 9.88 Å². The first-order valence-corrected chi connectivity index (χ1v) is 8.78. The molecule has 0 bridgehead atoms. The topological polar surface area (TPSA) is 33.2 Å². The maximum atomic E-state index is 13.3. The fourth-order valence-electron chi connectivity index (χ4n) is 2.80. The van der Waals surface area contributed by atoms with Crippen LogP contribution in [0.3, 0.4) is 0 Å². The van der Waals surface area contributed by atoms with Crippen LogP contribution in [-0.2, 0) is 17.9 Å². The number of pyridine rings is 1. The van der Waals surface area contributed by atoms with Crippen molar-refractivity contribution in [2.24, 2.45) is 0 Å². The van der Waals surface area contributed by atoms with E-state index in [0.717, 1.165) is 16.7 Å². The van der Waals surface area contributed by atoms with Crippen molar-refractivity contribution in [3.8, 4) is 0 Å². The number of hydrogen-bond donors (Lipinski definition) is 0. The fourth-order valence-corrected chi connectivity index (χ4v) is 2.80. The molecule has 1 heterocycles. The second-order valence-electron chi connectivity index (χ2n) is 6.37. The third kappa shape index (κ3) is 5.35. The lowest BCUT2D eigenvalue weighted by Crippen LogP contribution is -2.28. The highest BCUT2D eigenvalue weighted by atomic mass is 19.1. The summed E-state index contributed by atoms with van der Waals surface area (Å²) >= 11 is 0. The van der Waals surface area contributed by atoms with Gasteiger partial charge in [0.1, 0.15) is 5.82 Å². The Balaban J connectivity index is 1.81. The molecular weight excluding hydrogens is 339 g/mol. The molecule has 27 heavy (non-hydrogen) atoms. The number of aryl methyl sites for hydroxylation is 1. The Kier molecular flexibility index (Phi) is 6.10. The fraction of sp³-hybridized carbons (Fsp3) is 0.130. The number of carbonyl (C=O) groups excluding carboxylic acids is 1. The molecule has 0 atom stereocenters. The van der Waals surface area contributed by atoms with E-state index in [1.165, 1.54) is 18.2 Å². The van der Waals surface area contributed by atoms with E-state index in [9.17, 15) is 9.18 Å². The van der Waals surface area contributed by atoms with E-state index >= 15 is 0 Å². The lowest BCUT2D eigenvalue weighted by atomic mass is 10.1. The van der Waals surface area contributed by atoms with E-state index < -0.39 is 0 Å². The Hall–Kier alpha value is -3.27. The molecule has 1 aromatic heterocycles. The Labute approximate surface area is 158 Å². The SMILES string of the molecule is Cc1ccccc1CN(Cc1cccnc1)C(=O)/C=C/c1cccc(F)c1. The molecule has 2 aromatic carbocycles. The van der Waals surface area contributed by atoms with E-state index in [1.54, 1.807) is 35.5 Å². The largest absolute Gasteiger partial charge is 0.330 e. The van der Waals surface area contributed by atoms with Crippen molar-refractivity contribution in [2.75, 3.05) is 0 Å². The molecule has 3 nitrogen and oxygen atoms in total. The van der Waals surface area contributed by atoms with Crippen molar-refractivity contribution in [2.45, 2.75) is 20.0 Å². The molecule has 0 spiro atoms. The smallest absolute Gasteiger partial charge is 0.247 e. The number of amides is 1. The summed E-state index contributed by atoms with van der Waals surface area (Å²) in [7, 11) is 0. The van der Waals surface area contributed by atoms with E-state index in [-0.39, 0.29) is 11.7 Å². The van der Waals surface area contributed by atoms with Gasteiger partial charge in [0.05, 0.1) is 0 Å². The number of rotatable bonds is 6. The molecule has 0 N–H and O–H groups in total. The lowest BCUT2D eigenvalue weighted by molar-refractivity contribution is -0.127. The molecule has 0 unspecified atom stereocenters. The zero-order chi connectivity index (χ0) is 19.1. The highest BCUT2D eigenvalue weighted by molar-refractivity contribution is 5.91. The van der Waals surface area contributed by atoms with Crippen LogP contribution >= 0.6 is 0 Å². The van der Waals surface area contributed by atoms with Crippen LogP contribution in [0.1, 0.15) is 22.3 Å². The van der Waals surface area contributed by atoms with Gasteiger partial charge >= 0.3 is 0 Å². The van der Waals surface area contributed by atoms with Gasteiger partial charge < -0.3 is 4.90 Å². The average Bonchev–Trinajstić information content (AvgIpc) is 2.68. The first-order chi connectivity index (χ1) is 13.1. The minimum absolute atomic E-state index is 0.133. The van der Waals surface area contributed by atoms with E-state index in [0.29, 0.717) is 18.7 Å². The zero-order valence-corrected chi connectivity index (χ0v) is 15.2. The Morgan fingerprint density at radius 2 is 1.93 bits per heavy atom. The van der Waals surface area contributed by atoms with E-state index in [2.05, 4.69) is 4.98 Å². The average molecular weight is 360 g/mol. The zero-order valence-electron chi connectivity index (χ0n) is 15.2. The third-order valence-corrected chi connectivity index (χ3v) is 4.30. The number of nitrogens with zero attached hydrogens (tertiary/aromatic N) is 2. The van der Waals surface area contributed by atoms with Crippen LogP contribution in [0.2, 0.25) is 0 Å². The molecule has 0 aliphatic carbocycles. The summed E-state index contributed by atoms with van der Waals surface area (Å²) in [6.07, 6.45) is 6.60. The van der Waals surface area contributed by atoms with Crippen LogP contribution in [0.15, 0.2) is 79.1 Å². The van der Waals surface area contributed by atoms with E-state index in [1.807, 2.05) is 43.3 Å². The van der Waals surface area contributed by atoms with Gasteiger partial charge in [-0.25, -0.2) is 4.39 Å². The van der Waals surface area contributed by atoms with Gasteiger partial charge in [0, 0.05) is 31.6 Å². The molecule has 3 aromatic rings. The van der Waals surface area contributed by atoms with Crippen molar-refractivity contribution >= 4 is 12.0 Å². The first kappa shape index (κ1) is 18.5. The highest BCUT2D eigenvalue weighted by Gasteiger charge is 2.13. The monoisotopic (exact) mass is 360 g/mol. The number of benzene rings is 2. The van der Waals surface area contributed by atoms with Gasteiger partial charge in [-0.1, -0.05) is 42.5 Å². The standard InChI is InChI=1S/C23H21FN2O/c1-18-6-2-3-9-21(18)17-26(16-20-8-5-13-25-15-20)23(27)12-11-19-7-4-10-22(24)14-19/h2-15H,16-17H2,1H3/b12-11+. The van der Waals surface area contributed by atoms with Crippen LogP contribution in [0.25, 0.3) is 6.08 Å². The Morgan fingerprint density at radius 1 is 1.07 bits per heavy atom. The van der Waals surface area contributed by atoms with Crippen LogP contribution in [-0.4, -0.2) is 15.8 Å². The quantitative estimate of drug-likeness (QED) is 0.593. The maximum Gasteiger partial charge on any atom is 0.247 e. The molecule has 0 fully saturated rings. The molecule has 3 rings (SSSR count). The van der Waals surface area contributed by atoms with Crippen LogP contribution in [0, 0.1) is 12.7 Å². The van der Waals surface area contributed by atoms with Gasteiger partial charge in [-0.05, 0) is 53.5 Å². The summed E-state index contributed by atoms with van der Waals surface area (Å²) in [5.74, 6) is -0.455. The van der Waals surface area contributed by atoms with Crippen molar-refractivity contribution < 1.29 is 9.18 Å². The predicted molar refractivity (Wildman–Crippen MR) is 105 cm³/mol. The van der Waals surface area contributed by atoms with E-state index in [4.69, 9.17) is 0 Å². The van der Waals surface area contributed by atoms with Crippen LogP contribution < -0.4 is 0 Å². The minimum Gasteiger partial charge on any atom is -0.330 e. The molecule has 1 amide bonds. The van der Waals surface area contributed by atoms with Crippen molar-refractivity contribution in [3.63, 3.8) is 0 Å². The van der Waals surface area contributed by atoms with Gasteiger partial charge in [0.15, 0.2) is 0 Å². The number of carbonyl (C=O) groups is 1. The maximum absolute atomic E-state index is 13.3. The summed E-state index contributed by atoms with van der Waals surface area (Å²) in [5.41, 5.74) is 3.84. The molecule has 4 heteroatoms. The summed E-state index contributed by atoms with van der Waals surface area (Å²) in [6, 6.07) is 18.0. The molecule has 0 aliphatic heterocycles. The van der Waals surface area contributed by atoms with Gasteiger partial charge in [-0.3, -0.25) is 9.78 Å². The summed E-state index contributed by atoms with van der Waals surface area (Å²) < 4.78 is 13.3. The molecule has 0 saturated carbocycles. The first-order valence-electron chi connectivity index (χ1n) is 8.78. The van der Waals surface area contributed by atoms with Gasteiger partial charge in [0.2, 0.25) is 5.91 Å². The van der Waals surface area contributed by atoms with Gasteiger partial charge in [0.25, 0.3) is 0 Å². The molecule has 0 aliphatic rings. The highest BCUT2D eigenvalue weighted by Crippen LogP contribution is 2.14. The number of halogens is 1. The Morgan fingerprint density at radius 3 is 2.67 bits per heavy atom. The van der Waals surface area contributed by atoms with Gasteiger partial charge in [-0.2, -0.15) is 0 Å². The van der Waals surface area contributed by atoms with Crippen LogP contribution in [0.5, 0.6) is 0 Å². The molecule has 0 saturated heterocycles. The minimum atomic E-state index is -0.322. The second kappa shape index (κ2) is 8.90.